The molecule has 0 aliphatic carbocycles. The van der Waals surface area contributed by atoms with E-state index in [0.717, 1.165) is 16.3 Å². The summed E-state index contributed by atoms with van der Waals surface area (Å²) < 4.78 is 0. The first-order valence-corrected chi connectivity index (χ1v) is 8.89. The number of carbonyl (C=O) groups is 3. The number of primary amides is 1. The van der Waals surface area contributed by atoms with Gasteiger partial charge in [-0.2, -0.15) is 0 Å². The van der Waals surface area contributed by atoms with E-state index in [2.05, 4.69) is 10.6 Å². The van der Waals surface area contributed by atoms with Gasteiger partial charge in [0.05, 0.1) is 11.3 Å². The molecule has 6 heteroatoms. The van der Waals surface area contributed by atoms with Crippen molar-refractivity contribution in [3.05, 3.63) is 77.9 Å². The van der Waals surface area contributed by atoms with Crippen molar-refractivity contribution in [3.63, 3.8) is 0 Å². The molecule has 0 unspecified atom stereocenters. The molecule has 3 aromatic carbocycles. The number of carbonyl (C=O) groups excluding carboxylic acids is 3. The Hall–Kier alpha value is -3.67. The van der Waals surface area contributed by atoms with Gasteiger partial charge in [-0.05, 0) is 28.5 Å². The molecule has 3 rings (SSSR count). The van der Waals surface area contributed by atoms with Gasteiger partial charge in [0.1, 0.15) is 6.04 Å². The summed E-state index contributed by atoms with van der Waals surface area (Å²) in [5, 5.41) is 7.36. The maximum Gasteiger partial charge on any atom is 0.254 e. The molecule has 3 amide bonds. The normalized spacial score (nSPS) is 11.6. The smallest absolute Gasteiger partial charge is 0.254 e. The first kappa shape index (κ1) is 19.1. The second kappa shape index (κ2) is 8.35. The van der Waals surface area contributed by atoms with Crippen molar-refractivity contribution >= 4 is 34.2 Å². The van der Waals surface area contributed by atoms with Gasteiger partial charge in [-0.15, -0.1) is 0 Å². The summed E-state index contributed by atoms with van der Waals surface area (Å²) >= 11 is 0. The number of hydrogen-bond donors (Lipinski definition) is 3. The third kappa shape index (κ3) is 4.35. The van der Waals surface area contributed by atoms with Gasteiger partial charge < -0.3 is 16.4 Å². The maximum atomic E-state index is 12.7. The van der Waals surface area contributed by atoms with E-state index >= 15 is 0 Å². The van der Waals surface area contributed by atoms with Gasteiger partial charge >= 0.3 is 0 Å². The molecule has 0 bridgehead atoms. The van der Waals surface area contributed by atoms with Crippen molar-refractivity contribution in [1.29, 1.82) is 0 Å². The fourth-order valence-electron chi connectivity index (χ4n) is 3.13. The molecule has 0 saturated carbocycles. The Bertz CT molecular complexity index is 1040. The van der Waals surface area contributed by atoms with E-state index in [1.165, 1.54) is 6.92 Å². The highest BCUT2D eigenvalue weighted by molar-refractivity contribution is 6.04. The number of amides is 3. The molecule has 0 saturated heterocycles. The number of hydrogen-bond acceptors (Lipinski definition) is 3. The average molecular weight is 375 g/mol. The first-order chi connectivity index (χ1) is 13.5. The van der Waals surface area contributed by atoms with Crippen LogP contribution in [0.4, 0.5) is 5.69 Å². The molecule has 0 fully saturated rings. The van der Waals surface area contributed by atoms with Gasteiger partial charge in [-0.1, -0.05) is 54.6 Å². The van der Waals surface area contributed by atoms with Crippen LogP contribution >= 0.6 is 0 Å². The zero-order valence-corrected chi connectivity index (χ0v) is 15.4. The van der Waals surface area contributed by atoms with E-state index in [4.69, 9.17) is 5.73 Å². The van der Waals surface area contributed by atoms with Crippen molar-refractivity contribution in [2.45, 2.75) is 19.4 Å². The number of para-hydroxylation sites is 1. The van der Waals surface area contributed by atoms with Crippen LogP contribution in [0.5, 0.6) is 0 Å². The van der Waals surface area contributed by atoms with Gasteiger partial charge in [0, 0.05) is 13.3 Å². The largest absolute Gasteiger partial charge is 0.368 e. The highest BCUT2D eigenvalue weighted by atomic mass is 16.2. The van der Waals surface area contributed by atoms with Crippen LogP contribution in [0.3, 0.4) is 0 Å². The summed E-state index contributed by atoms with van der Waals surface area (Å²) in [6, 6.07) is 19.3. The minimum Gasteiger partial charge on any atom is -0.368 e. The topological polar surface area (TPSA) is 101 Å². The third-order valence-corrected chi connectivity index (χ3v) is 4.44. The Morgan fingerprint density at radius 2 is 1.61 bits per heavy atom. The molecule has 6 nitrogen and oxygen atoms in total. The molecular formula is C22H21N3O3. The summed E-state index contributed by atoms with van der Waals surface area (Å²) in [6.45, 7) is 1.36. The van der Waals surface area contributed by atoms with Crippen molar-refractivity contribution in [2.24, 2.45) is 5.73 Å². The van der Waals surface area contributed by atoms with E-state index in [0.29, 0.717) is 5.69 Å². The lowest BCUT2D eigenvalue weighted by Gasteiger charge is -2.18. The van der Waals surface area contributed by atoms with Gasteiger partial charge in [0.2, 0.25) is 11.8 Å². The molecule has 1 atom stereocenters. The Labute approximate surface area is 162 Å². The average Bonchev–Trinajstić information content (AvgIpc) is 2.67. The van der Waals surface area contributed by atoms with Gasteiger partial charge in [0.25, 0.3) is 5.91 Å². The van der Waals surface area contributed by atoms with Crippen LogP contribution in [-0.2, 0) is 16.0 Å². The number of anilines is 1. The second-order valence-electron chi connectivity index (χ2n) is 6.50. The summed E-state index contributed by atoms with van der Waals surface area (Å²) in [7, 11) is 0. The highest BCUT2D eigenvalue weighted by Crippen LogP contribution is 2.20. The summed E-state index contributed by atoms with van der Waals surface area (Å²) in [5.41, 5.74) is 7.11. The molecule has 0 aliphatic heterocycles. The fraction of sp³-hybridized carbons (Fsp3) is 0.136. The number of rotatable bonds is 6. The van der Waals surface area contributed by atoms with E-state index in [1.807, 2.05) is 42.5 Å². The van der Waals surface area contributed by atoms with Crippen molar-refractivity contribution < 1.29 is 14.4 Å². The van der Waals surface area contributed by atoms with E-state index < -0.39 is 17.9 Å². The van der Waals surface area contributed by atoms with Crippen LogP contribution in [0.25, 0.3) is 10.8 Å². The Kier molecular flexibility index (Phi) is 5.69. The maximum absolute atomic E-state index is 12.7. The number of benzene rings is 3. The minimum atomic E-state index is -0.885. The van der Waals surface area contributed by atoms with Crippen LogP contribution in [0.1, 0.15) is 22.8 Å². The molecule has 0 spiro atoms. The molecule has 0 aliphatic rings. The zero-order valence-electron chi connectivity index (χ0n) is 15.4. The lowest BCUT2D eigenvalue weighted by atomic mass is 9.98. The molecule has 0 aromatic heterocycles. The third-order valence-electron chi connectivity index (χ3n) is 4.44. The standard InChI is InChI=1S/C22H21N3O3/c1-14(26)24-19-12-5-4-11-18(19)22(28)25-20(21(23)27)13-16-9-6-8-15-7-2-3-10-17(15)16/h2-12,20H,13H2,1H3,(H2,23,27)(H,24,26)(H,25,28)/t20-/m0/s1. The lowest BCUT2D eigenvalue weighted by Crippen LogP contribution is -2.46. The van der Waals surface area contributed by atoms with E-state index in [1.54, 1.807) is 24.3 Å². The predicted molar refractivity (Wildman–Crippen MR) is 109 cm³/mol. The molecular weight excluding hydrogens is 354 g/mol. The fourth-order valence-corrected chi connectivity index (χ4v) is 3.13. The Morgan fingerprint density at radius 3 is 2.36 bits per heavy atom. The van der Waals surface area contributed by atoms with E-state index in [-0.39, 0.29) is 17.9 Å². The van der Waals surface area contributed by atoms with Crippen LogP contribution in [0, 0.1) is 0 Å². The van der Waals surface area contributed by atoms with Crippen LogP contribution in [0.2, 0.25) is 0 Å². The molecule has 142 valence electrons. The summed E-state index contributed by atoms with van der Waals surface area (Å²) in [4.78, 5) is 36.1. The monoisotopic (exact) mass is 375 g/mol. The quantitative estimate of drug-likeness (QED) is 0.617. The second-order valence-corrected chi connectivity index (χ2v) is 6.50. The van der Waals surface area contributed by atoms with Crippen LogP contribution in [0.15, 0.2) is 66.7 Å². The Morgan fingerprint density at radius 1 is 0.929 bits per heavy atom. The van der Waals surface area contributed by atoms with Crippen molar-refractivity contribution in [3.8, 4) is 0 Å². The SMILES string of the molecule is CC(=O)Nc1ccccc1C(=O)N[C@@H](Cc1cccc2ccccc12)C(N)=O. The highest BCUT2D eigenvalue weighted by Gasteiger charge is 2.22. The first-order valence-electron chi connectivity index (χ1n) is 8.89. The lowest BCUT2D eigenvalue weighted by molar-refractivity contribution is -0.119. The molecule has 3 aromatic rings. The minimum absolute atomic E-state index is 0.266. The Balaban J connectivity index is 1.85. The molecule has 0 radical (unpaired) electrons. The van der Waals surface area contributed by atoms with Crippen molar-refractivity contribution in [2.75, 3.05) is 5.32 Å². The summed E-state index contributed by atoms with van der Waals surface area (Å²) in [5.74, 6) is -1.39. The predicted octanol–water partition coefficient (Wildman–Crippen LogP) is 2.62. The summed E-state index contributed by atoms with van der Waals surface area (Å²) in [6.07, 6.45) is 0.269. The van der Waals surface area contributed by atoms with Gasteiger partial charge in [-0.3, -0.25) is 14.4 Å². The zero-order chi connectivity index (χ0) is 20.1. The van der Waals surface area contributed by atoms with Gasteiger partial charge in [-0.25, -0.2) is 0 Å². The molecule has 28 heavy (non-hydrogen) atoms. The number of fused-ring (bicyclic) bond motifs is 1. The number of nitrogens with one attached hydrogen (secondary N) is 2. The van der Waals surface area contributed by atoms with Crippen LogP contribution in [-0.4, -0.2) is 23.8 Å². The van der Waals surface area contributed by atoms with Crippen molar-refractivity contribution in [1.82, 2.24) is 5.32 Å². The molecule has 4 N–H and O–H groups in total. The van der Waals surface area contributed by atoms with E-state index in [9.17, 15) is 14.4 Å². The number of nitrogens with two attached hydrogens (primary N) is 1. The van der Waals surface area contributed by atoms with Crippen LogP contribution < -0.4 is 16.4 Å². The van der Waals surface area contributed by atoms with Gasteiger partial charge in [0.15, 0.2) is 0 Å². The molecule has 0 heterocycles.